The van der Waals surface area contributed by atoms with Crippen LogP contribution < -0.4 is 4.74 Å². The van der Waals surface area contributed by atoms with Gasteiger partial charge in [-0.2, -0.15) is 5.10 Å². The van der Waals surface area contributed by atoms with Gasteiger partial charge in [0.05, 0.1) is 18.5 Å². The summed E-state index contributed by atoms with van der Waals surface area (Å²) in [6.45, 7) is 10.4. The molecule has 0 unspecified atom stereocenters. The normalized spacial score (nSPS) is 15.6. The summed E-state index contributed by atoms with van der Waals surface area (Å²) in [5.41, 5.74) is 5.97. The molecule has 3 aromatic rings. The lowest BCUT2D eigenvalue weighted by Crippen LogP contribution is -2.45. The highest BCUT2D eigenvalue weighted by atomic mass is 16.5. The van der Waals surface area contributed by atoms with Crippen LogP contribution in [0.25, 0.3) is 5.69 Å². The van der Waals surface area contributed by atoms with Crippen molar-refractivity contribution in [3.8, 4) is 11.4 Å². The topological polar surface area (TPSA) is 33.5 Å². The summed E-state index contributed by atoms with van der Waals surface area (Å²) in [7, 11) is 1.75. The molecular weight excluding hydrogens is 360 g/mol. The Hall–Kier alpha value is -2.63. The first-order valence-electron chi connectivity index (χ1n) is 10.3. The van der Waals surface area contributed by atoms with E-state index in [1.807, 2.05) is 23.7 Å². The van der Waals surface area contributed by atoms with Crippen LogP contribution in [0.4, 0.5) is 0 Å². The maximum atomic E-state index is 5.50. The Morgan fingerprint density at radius 1 is 0.862 bits per heavy atom. The van der Waals surface area contributed by atoms with Gasteiger partial charge in [0.1, 0.15) is 5.75 Å². The number of nitrogens with zero attached hydrogens (tertiary/aromatic N) is 4. The second-order valence-corrected chi connectivity index (χ2v) is 7.87. The van der Waals surface area contributed by atoms with Crippen LogP contribution in [-0.4, -0.2) is 52.9 Å². The zero-order valence-corrected chi connectivity index (χ0v) is 17.6. The lowest BCUT2D eigenvalue weighted by Gasteiger charge is -2.35. The Bertz CT molecular complexity index is 957. The Balaban J connectivity index is 1.35. The highest BCUT2D eigenvalue weighted by Gasteiger charge is 2.18. The minimum Gasteiger partial charge on any atom is -0.496 e. The molecule has 0 N–H and O–H groups in total. The Labute approximate surface area is 173 Å². The Morgan fingerprint density at radius 3 is 2.28 bits per heavy atom. The summed E-state index contributed by atoms with van der Waals surface area (Å²) in [4.78, 5) is 5.06. The number of aryl methyl sites for hydroxylation is 2. The maximum Gasteiger partial charge on any atom is 0.123 e. The van der Waals surface area contributed by atoms with Crippen LogP contribution in [0.5, 0.6) is 5.75 Å². The number of benzene rings is 2. The number of rotatable bonds is 6. The van der Waals surface area contributed by atoms with Crippen LogP contribution in [-0.2, 0) is 13.1 Å². The van der Waals surface area contributed by atoms with Gasteiger partial charge in [-0.05, 0) is 43.7 Å². The van der Waals surface area contributed by atoms with E-state index in [1.54, 1.807) is 7.11 Å². The van der Waals surface area contributed by atoms with Crippen molar-refractivity contribution in [2.75, 3.05) is 33.3 Å². The standard InChI is InChI=1S/C24H30N4O/c1-19-15-20(2)28(25-19)23-9-6-7-21(16-23)17-26-11-13-27(14-12-26)18-22-8-4-5-10-24(22)29-3/h4-10,15-16H,11-14,17-18H2,1-3H3. The number of hydrogen-bond acceptors (Lipinski definition) is 4. The Kier molecular flexibility index (Phi) is 5.97. The maximum absolute atomic E-state index is 5.50. The van der Waals surface area contributed by atoms with Crippen molar-refractivity contribution >= 4 is 0 Å². The molecule has 2 aromatic carbocycles. The van der Waals surface area contributed by atoms with E-state index in [-0.39, 0.29) is 0 Å². The predicted octanol–water partition coefficient (Wildman–Crippen LogP) is 3.82. The highest BCUT2D eigenvalue weighted by Crippen LogP contribution is 2.21. The molecule has 1 saturated heterocycles. The smallest absolute Gasteiger partial charge is 0.123 e. The van der Waals surface area contributed by atoms with Gasteiger partial charge in [0.15, 0.2) is 0 Å². The predicted molar refractivity (Wildman–Crippen MR) is 117 cm³/mol. The number of para-hydroxylation sites is 1. The largest absolute Gasteiger partial charge is 0.496 e. The van der Waals surface area contributed by atoms with Gasteiger partial charge in [0, 0.05) is 50.5 Å². The third kappa shape index (κ3) is 4.69. The van der Waals surface area contributed by atoms with Gasteiger partial charge in [-0.3, -0.25) is 9.80 Å². The van der Waals surface area contributed by atoms with E-state index >= 15 is 0 Å². The van der Waals surface area contributed by atoms with Crippen LogP contribution in [0.15, 0.2) is 54.6 Å². The van der Waals surface area contributed by atoms with Crippen molar-refractivity contribution in [1.82, 2.24) is 19.6 Å². The van der Waals surface area contributed by atoms with Gasteiger partial charge in [0.25, 0.3) is 0 Å². The molecule has 0 bridgehead atoms. The summed E-state index contributed by atoms with van der Waals surface area (Å²) >= 11 is 0. The minimum absolute atomic E-state index is 0.950. The molecule has 2 heterocycles. The highest BCUT2D eigenvalue weighted by molar-refractivity contribution is 5.37. The van der Waals surface area contributed by atoms with Crippen LogP contribution in [0.2, 0.25) is 0 Å². The van der Waals surface area contributed by atoms with Gasteiger partial charge < -0.3 is 4.74 Å². The third-order valence-electron chi connectivity index (χ3n) is 5.62. The SMILES string of the molecule is COc1ccccc1CN1CCN(Cc2cccc(-n3nc(C)cc3C)c2)CC1. The zero-order chi connectivity index (χ0) is 20.2. The first-order chi connectivity index (χ1) is 14.1. The summed E-state index contributed by atoms with van der Waals surface area (Å²) in [5.74, 6) is 0.982. The molecule has 1 aliphatic heterocycles. The molecule has 152 valence electrons. The van der Waals surface area contributed by atoms with Crippen LogP contribution >= 0.6 is 0 Å². The molecule has 5 nitrogen and oxygen atoms in total. The fourth-order valence-electron chi connectivity index (χ4n) is 4.12. The molecular formula is C24H30N4O. The van der Waals surface area contributed by atoms with Crippen molar-refractivity contribution in [1.29, 1.82) is 0 Å². The number of methoxy groups -OCH3 is 1. The molecule has 0 atom stereocenters. The fourth-order valence-corrected chi connectivity index (χ4v) is 4.12. The summed E-state index contributed by atoms with van der Waals surface area (Å²) < 4.78 is 7.53. The minimum atomic E-state index is 0.950. The fraction of sp³-hybridized carbons (Fsp3) is 0.375. The molecule has 5 heteroatoms. The lowest BCUT2D eigenvalue weighted by molar-refractivity contribution is 0.121. The van der Waals surface area contributed by atoms with E-state index in [2.05, 4.69) is 64.3 Å². The molecule has 0 spiro atoms. The van der Waals surface area contributed by atoms with Gasteiger partial charge in [-0.1, -0.05) is 30.3 Å². The van der Waals surface area contributed by atoms with Crippen molar-refractivity contribution in [2.24, 2.45) is 0 Å². The van der Waals surface area contributed by atoms with Crippen molar-refractivity contribution in [3.63, 3.8) is 0 Å². The van der Waals surface area contributed by atoms with Gasteiger partial charge >= 0.3 is 0 Å². The van der Waals surface area contributed by atoms with Crippen molar-refractivity contribution < 1.29 is 4.74 Å². The molecule has 29 heavy (non-hydrogen) atoms. The molecule has 0 amide bonds. The second-order valence-electron chi connectivity index (χ2n) is 7.87. The molecule has 0 saturated carbocycles. The number of aromatic nitrogens is 2. The molecule has 1 aliphatic rings. The molecule has 0 aliphatic carbocycles. The molecule has 1 aromatic heterocycles. The number of ether oxygens (including phenoxy) is 1. The van der Waals surface area contributed by atoms with Gasteiger partial charge in [-0.15, -0.1) is 0 Å². The average Bonchev–Trinajstić information content (AvgIpc) is 3.08. The molecule has 0 radical (unpaired) electrons. The van der Waals surface area contributed by atoms with Crippen LogP contribution in [0.1, 0.15) is 22.5 Å². The van der Waals surface area contributed by atoms with E-state index in [1.165, 1.54) is 16.8 Å². The van der Waals surface area contributed by atoms with E-state index in [4.69, 9.17) is 4.74 Å². The van der Waals surface area contributed by atoms with Crippen molar-refractivity contribution in [2.45, 2.75) is 26.9 Å². The van der Waals surface area contributed by atoms with Crippen LogP contribution in [0.3, 0.4) is 0 Å². The van der Waals surface area contributed by atoms with E-state index in [0.717, 1.165) is 56.4 Å². The summed E-state index contributed by atoms with van der Waals surface area (Å²) in [6.07, 6.45) is 0. The molecule has 1 fully saturated rings. The average molecular weight is 391 g/mol. The van der Waals surface area contributed by atoms with E-state index in [0.29, 0.717) is 0 Å². The lowest BCUT2D eigenvalue weighted by atomic mass is 10.1. The van der Waals surface area contributed by atoms with Gasteiger partial charge in [0.2, 0.25) is 0 Å². The first kappa shape index (κ1) is 19.7. The van der Waals surface area contributed by atoms with E-state index < -0.39 is 0 Å². The quantitative estimate of drug-likeness (QED) is 0.641. The first-order valence-corrected chi connectivity index (χ1v) is 10.3. The number of piperazine rings is 1. The molecule has 4 rings (SSSR count). The third-order valence-corrected chi connectivity index (χ3v) is 5.62. The van der Waals surface area contributed by atoms with Gasteiger partial charge in [-0.25, -0.2) is 4.68 Å². The zero-order valence-electron chi connectivity index (χ0n) is 17.6. The number of hydrogen-bond donors (Lipinski definition) is 0. The monoisotopic (exact) mass is 390 g/mol. The Morgan fingerprint density at radius 2 is 1.59 bits per heavy atom. The summed E-state index contributed by atoms with van der Waals surface area (Å²) in [6, 6.07) is 19.2. The van der Waals surface area contributed by atoms with Crippen LogP contribution in [0, 0.1) is 13.8 Å². The summed E-state index contributed by atoms with van der Waals surface area (Å²) in [5, 5.41) is 4.62. The second kappa shape index (κ2) is 8.80. The van der Waals surface area contributed by atoms with E-state index in [9.17, 15) is 0 Å². The van der Waals surface area contributed by atoms with Crippen molar-refractivity contribution in [3.05, 3.63) is 77.1 Å².